The number of pyridine rings is 1. The first-order valence-corrected chi connectivity index (χ1v) is 11.7. The number of aromatic amines is 1. The molecule has 0 saturated heterocycles. The van der Waals surface area contributed by atoms with Gasteiger partial charge in [-0.1, -0.05) is 41.6 Å². The Morgan fingerprint density at radius 2 is 1.73 bits per heavy atom. The molecule has 6 rings (SSSR count). The number of halogens is 1. The summed E-state index contributed by atoms with van der Waals surface area (Å²) in [6, 6.07) is 19.3. The lowest BCUT2D eigenvalue weighted by Crippen LogP contribution is -2.04. The number of benzene rings is 2. The number of nitrogens with two attached hydrogens (primary N) is 1. The largest absolute Gasteiger partial charge is 0.381 e. The Morgan fingerprint density at radius 1 is 0.892 bits per heavy atom. The van der Waals surface area contributed by atoms with Crippen molar-refractivity contribution in [2.45, 2.75) is 20.4 Å². The van der Waals surface area contributed by atoms with E-state index in [1.165, 1.54) is 0 Å². The van der Waals surface area contributed by atoms with Gasteiger partial charge in [0.2, 0.25) is 0 Å². The fraction of sp³-hybridized carbons (Fsp3) is 0.111. The van der Waals surface area contributed by atoms with E-state index in [2.05, 4.69) is 30.2 Å². The van der Waals surface area contributed by atoms with Crippen LogP contribution in [0.4, 0.5) is 10.2 Å². The summed E-state index contributed by atoms with van der Waals surface area (Å²) < 4.78 is 16.6. The summed E-state index contributed by atoms with van der Waals surface area (Å²) in [7, 11) is 0. The number of nitrogen functional groups attached to an aromatic ring is 1. The van der Waals surface area contributed by atoms with E-state index in [1.807, 2.05) is 74.5 Å². The molecule has 0 radical (unpaired) electrons. The predicted octanol–water partition coefficient (Wildman–Crippen LogP) is 4.73. The van der Waals surface area contributed by atoms with Crippen LogP contribution in [0, 0.1) is 19.7 Å². The van der Waals surface area contributed by atoms with Crippen molar-refractivity contribution in [1.82, 2.24) is 39.9 Å². The van der Waals surface area contributed by atoms with Crippen molar-refractivity contribution in [1.29, 1.82) is 0 Å². The van der Waals surface area contributed by atoms with Crippen molar-refractivity contribution in [3.63, 3.8) is 0 Å². The average molecular weight is 492 g/mol. The van der Waals surface area contributed by atoms with Crippen LogP contribution >= 0.6 is 0 Å². The number of hydrogen-bond donors (Lipinski definition) is 2. The molecule has 182 valence electrons. The van der Waals surface area contributed by atoms with Gasteiger partial charge in [-0.15, -0.1) is 5.10 Å². The van der Waals surface area contributed by atoms with E-state index in [0.717, 1.165) is 33.4 Å². The molecule has 2 aromatic carbocycles. The number of H-pyrrole nitrogens is 1. The Balaban J connectivity index is 1.30. The number of rotatable bonds is 5. The molecule has 10 heteroatoms. The molecule has 37 heavy (non-hydrogen) atoms. The van der Waals surface area contributed by atoms with Crippen molar-refractivity contribution >= 4 is 16.9 Å². The number of fused-ring (bicyclic) bond motifs is 1. The van der Waals surface area contributed by atoms with E-state index < -0.39 is 5.82 Å². The Morgan fingerprint density at radius 3 is 2.59 bits per heavy atom. The van der Waals surface area contributed by atoms with Gasteiger partial charge in [-0.2, -0.15) is 0 Å². The van der Waals surface area contributed by atoms with Gasteiger partial charge in [0.05, 0.1) is 29.5 Å². The van der Waals surface area contributed by atoms with Gasteiger partial charge < -0.3 is 10.7 Å². The summed E-state index contributed by atoms with van der Waals surface area (Å²) in [6.07, 6.45) is 1.62. The molecule has 0 aliphatic rings. The average Bonchev–Trinajstić information content (AvgIpc) is 3.55. The zero-order valence-corrected chi connectivity index (χ0v) is 20.1. The Labute approximate surface area is 211 Å². The summed E-state index contributed by atoms with van der Waals surface area (Å²) in [6.45, 7) is 4.29. The second-order valence-corrected chi connectivity index (χ2v) is 8.76. The van der Waals surface area contributed by atoms with Crippen molar-refractivity contribution < 1.29 is 4.39 Å². The molecule has 4 aromatic heterocycles. The normalized spacial score (nSPS) is 11.3. The van der Waals surface area contributed by atoms with Crippen LogP contribution in [-0.4, -0.2) is 39.9 Å². The zero-order chi connectivity index (χ0) is 25.5. The van der Waals surface area contributed by atoms with Gasteiger partial charge in [-0.3, -0.25) is 0 Å². The molecule has 0 saturated carbocycles. The first-order chi connectivity index (χ1) is 18.0. The molecule has 3 N–H and O–H groups in total. The molecule has 0 fully saturated rings. The number of nitrogens with zero attached hydrogens (tertiary/aromatic N) is 7. The molecule has 9 nitrogen and oxygen atoms in total. The predicted molar refractivity (Wildman–Crippen MR) is 139 cm³/mol. The summed E-state index contributed by atoms with van der Waals surface area (Å²) in [4.78, 5) is 21.3. The SMILES string of the molecule is Cc1cccc(-c2nc(N)c(F)c(-c3cn(Cc4cccc(-c5nc6ccccc6[nH]5)n4)nn3)n2)c1C. The number of hydrogen-bond acceptors (Lipinski definition) is 7. The van der Waals surface area contributed by atoms with Gasteiger partial charge in [-0.25, -0.2) is 29.0 Å². The van der Waals surface area contributed by atoms with Gasteiger partial charge in [0.1, 0.15) is 17.1 Å². The number of para-hydroxylation sites is 2. The molecule has 6 aromatic rings. The van der Waals surface area contributed by atoms with Crippen LogP contribution in [0.25, 0.3) is 45.3 Å². The minimum Gasteiger partial charge on any atom is -0.381 e. The first-order valence-electron chi connectivity index (χ1n) is 11.7. The Hall–Kier alpha value is -4.99. The van der Waals surface area contributed by atoms with Crippen LogP contribution in [0.3, 0.4) is 0 Å². The third-order valence-corrected chi connectivity index (χ3v) is 6.27. The van der Waals surface area contributed by atoms with E-state index >= 15 is 0 Å². The number of nitrogens with one attached hydrogen (secondary N) is 1. The van der Waals surface area contributed by atoms with Crippen LogP contribution in [0.5, 0.6) is 0 Å². The van der Waals surface area contributed by atoms with Crippen LogP contribution < -0.4 is 5.73 Å². The number of imidazole rings is 1. The highest BCUT2D eigenvalue weighted by Gasteiger charge is 2.19. The van der Waals surface area contributed by atoms with Crippen LogP contribution in [0.15, 0.2) is 66.9 Å². The zero-order valence-electron chi connectivity index (χ0n) is 20.1. The van der Waals surface area contributed by atoms with Gasteiger partial charge >= 0.3 is 0 Å². The van der Waals surface area contributed by atoms with E-state index in [9.17, 15) is 4.39 Å². The highest BCUT2D eigenvalue weighted by molar-refractivity contribution is 5.78. The lowest BCUT2D eigenvalue weighted by Gasteiger charge is -2.10. The lowest BCUT2D eigenvalue weighted by molar-refractivity contribution is 0.623. The maximum atomic E-state index is 15.0. The van der Waals surface area contributed by atoms with E-state index in [4.69, 9.17) is 10.7 Å². The van der Waals surface area contributed by atoms with Gasteiger partial charge in [-0.05, 0) is 49.2 Å². The molecule has 0 spiro atoms. The molecular formula is C27H22FN9. The van der Waals surface area contributed by atoms with E-state index in [0.29, 0.717) is 23.9 Å². The van der Waals surface area contributed by atoms with E-state index in [1.54, 1.807) is 10.9 Å². The highest BCUT2D eigenvalue weighted by atomic mass is 19.1. The lowest BCUT2D eigenvalue weighted by atomic mass is 10.0. The second kappa shape index (κ2) is 8.90. The molecular weight excluding hydrogens is 469 g/mol. The monoisotopic (exact) mass is 491 g/mol. The third-order valence-electron chi connectivity index (χ3n) is 6.27. The minimum atomic E-state index is -0.730. The molecule has 0 aliphatic heterocycles. The minimum absolute atomic E-state index is 0.00126. The maximum absolute atomic E-state index is 15.0. The molecule has 0 amide bonds. The molecule has 0 atom stereocenters. The molecule has 0 bridgehead atoms. The number of aromatic nitrogens is 8. The molecule has 0 aliphatic carbocycles. The quantitative estimate of drug-likeness (QED) is 0.357. The fourth-order valence-corrected chi connectivity index (χ4v) is 4.17. The Kier molecular flexibility index (Phi) is 5.41. The number of anilines is 1. The standard InChI is InChI=1S/C27H22FN9/c1-15-7-5-9-18(16(15)2)26-33-24(23(28)25(29)34-26)22-14-37(36-35-22)13-17-8-6-12-21(30-17)27-31-19-10-3-4-11-20(19)32-27/h3-12,14H,13H2,1-2H3,(H,31,32)(H2,29,33,34). The number of aryl methyl sites for hydroxylation is 1. The van der Waals surface area contributed by atoms with Gasteiger partial charge in [0, 0.05) is 5.56 Å². The summed E-state index contributed by atoms with van der Waals surface area (Å²) >= 11 is 0. The second-order valence-electron chi connectivity index (χ2n) is 8.76. The van der Waals surface area contributed by atoms with E-state index in [-0.39, 0.29) is 17.2 Å². The van der Waals surface area contributed by atoms with Gasteiger partial charge in [0.25, 0.3) is 0 Å². The van der Waals surface area contributed by atoms with Crippen LogP contribution in [0.2, 0.25) is 0 Å². The van der Waals surface area contributed by atoms with Crippen molar-refractivity contribution in [3.8, 4) is 34.3 Å². The topological polar surface area (TPSA) is 124 Å². The summed E-state index contributed by atoms with van der Waals surface area (Å²) in [5.41, 5.74) is 12.3. The van der Waals surface area contributed by atoms with Crippen LogP contribution in [0.1, 0.15) is 16.8 Å². The smallest absolute Gasteiger partial charge is 0.193 e. The summed E-state index contributed by atoms with van der Waals surface area (Å²) in [5.74, 6) is 0.0476. The van der Waals surface area contributed by atoms with Crippen LogP contribution in [-0.2, 0) is 6.54 Å². The molecule has 0 unspecified atom stereocenters. The summed E-state index contributed by atoms with van der Waals surface area (Å²) in [5, 5.41) is 8.31. The third kappa shape index (κ3) is 4.18. The fourth-order valence-electron chi connectivity index (χ4n) is 4.17. The van der Waals surface area contributed by atoms with Gasteiger partial charge in [0.15, 0.2) is 23.3 Å². The van der Waals surface area contributed by atoms with Crippen molar-refractivity contribution in [3.05, 3.63) is 89.5 Å². The first kappa shape index (κ1) is 22.5. The maximum Gasteiger partial charge on any atom is 0.193 e. The highest BCUT2D eigenvalue weighted by Crippen LogP contribution is 2.28. The molecule has 4 heterocycles. The van der Waals surface area contributed by atoms with Crippen molar-refractivity contribution in [2.75, 3.05) is 5.73 Å². The Bertz CT molecular complexity index is 1740. The van der Waals surface area contributed by atoms with Crippen molar-refractivity contribution in [2.24, 2.45) is 0 Å².